The summed E-state index contributed by atoms with van der Waals surface area (Å²) in [7, 11) is 0. The lowest BCUT2D eigenvalue weighted by atomic mass is 10.1. The monoisotopic (exact) mass is 295 g/mol. The summed E-state index contributed by atoms with van der Waals surface area (Å²) in [5.41, 5.74) is 2.75. The van der Waals surface area contributed by atoms with E-state index in [9.17, 15) is 4.39 Å². The summed E-state index contributed by atoms with van der Waals surface area (Å²) in [5.74, 6) is -0.289. The fraction of sp³-hybridized carbons (Fsp3) is 0. The van der Waals surface area contributed by atoms with E-state index in [1.165, 1.54) is 6.07 Å². The van der Waals surface area contributed by atoms with Gasteiger partial charge >= 0.3 is 0 Å². The van der Waals surface area contributed by atoms with Gasteiger partial charge in [-0.25, -0.2) is 4.39 Å². The maximum absolute atomic E-state index is 14.4. The first kappa shape index (κ1) is 12.4. The fourth-order valence-corrected chi connectivity index (χ4v) is 3.07. The Morgan fingerprint density at radius 3 is 2.33 bits per heavy atom. The Morgan fingerprint density at radius 2 is 1.52 bits per heavy atom. The van der Waals surface area contributed by atoms with E-state index in [1.54, 1.807) is 0 Å². The van der Waals surface area contributed by atoms with E-state index in [2.05, 4.69) is 0 Å². The Balaban J connectivity index is 2.27. The van der Waals surface area contributed by atoms with Gasteiger partial charge in [-0.1, -0.05) is 48.0 Å². The maximum atomic E-state index is 14.4. The first-order valence-electron chi connectivity index (χ1n) is 6.69. The molecule has 3 heteroatoms. The Labute approximate surface area is 126 Å². The van der Waals surface area contributed by atoms with E-state index in [-0.39, 0.29) is 5.82 Å². The van der Waals surface area contributed by atoms with Crippen molar-refractivity contribution in [1.29, 1.82) is 0 Å². The van der Waals surface area contributed by atoms with Crippen LogP contribution in [0.15, 0.2) is 66.7 Å². The van der Waals surface area contributed by atoms with E-state index >= 15 is 0 Å². The summed E-state index contributed by atoms with van der Waals surface area (Å²) >= 11 is 6.06. The lowest BCUT2D eigenvalue weighted by Crippen LogP contribution is -1.93. The minimum Gasteiger partial charge on any atom is -0.309 e. The normalized spacial score (nSPS) is 11.3. The standard InChI is InChI=1S/C18H11ClFN/c19-12-10-15(20)18-14-8-4-5-9-16(14)21(17(18)11-12)13-6-2-1-3-7-13/h1-11H. The average Bonchev–Trinajstić information content (AvgIpc) is 2.82. The second-order valence-corrected chi connectivity index (χ2v) is 5.41. The van der Waals surface area contributed by atoms with Crippen LogP contribution in [0.4, 0.5) is 4.39 Å². The van der Waals surface area contributed by atoms with E-state index in [1.807, 2.05) is 65.2 Å². The molecule has 3 aromatic carbocycles. The molecule has 0 saturated heterocycles. The molecule has 0 unspecified atom stereocenters. The van der Waals surface area contributed by atoms with Crippen LogP contribution in [0.25, 0.3) is 27.5 Å². The Kier molecular flexibility index (Phi) is 2.72. The van der Waals surface area contributed by atoms with Crippen LogP contribution >= 0.6 is 11.6 Å². The van der Waals surface area contributed by atoms with E-state index in [0.29, 0.717) is 10.4 Å². The number of benzene rings is 3. The van der Waals surface area contributed by atoms with Crippen LogP contribution < -0.4 is 0 Å². The van der Waals surface area contributed by atoms with Gasteiger partial charge in [-0.3, -0.25) is 0 Å². The summed E-state index contributed by atoms with van der Waals surface area (Å²) in [6, 6.07) is 20.9. The highest BCUT2D eigenvalue weighted by atomic mass is 35.5. The molecule has 0 atom stereocenters. The van der Waals surface area contributed by atoms with Crippen LogP contribution in [0, 0.1) is 5.82 Å². The smallest absolute Gasteiger partial charge is 0.134 e. The molecule has 0 N–H and O–H groups in total. The van der Waals surface area contributed by atoms with Crippen molar-refractivity contribution in [2.24, 2.45) is 0 Å². The Morgan fingerprint density at radius 1 is 0.810 bits per heavy atom. The van der Waals surface area contributed by atoms with Gasteiger partial charge in [0.05, 0.1) is 11.0 Å². The van der Waals surface area contributed by atoms with Gasteiger partial charge < -0.3 is 4.57 Å². The Hall–Kier alpha value is -2.32. The lowest BCUT2D eigenvalue weighted by Gasteiger charge is -2.07. The third-order valence-corrected chi connectivity index (χ3v) is 3.92. The first-order chi connectivity index (χ1) is 10.3. The molecule has 0 aliphatic carbocycles. The van der Waals surface area contributed by atoms with Gasteiger partial charge in [0.25, 0.3) is 0 Å². The van der Waals surface area contributed by atoms with Gasteiger partial charge in [-0.2, -0.15) is 0 Å². The van der Waals surface area contributed by atoms with Crippen molar-refractivity contribution in [2.45, 2.75) is 0 Å². The molecule has 0 fully saturated rings. The van der Waals surface area contributed by atoms with Gasteiger partial charge in [0.1, 0.15) is 5.82 Å². The number of halogens is 2. The number of aromatic nitrogens is 1. The third-order valence-electron chi connectivity index (χ3n) is 3.70. The highest BCUT2D eigenvalue weighted by Gasteiger charge is 2.15. The van der Waals surface area contributed by atoms with E-state index < -0.39 is 0 Å². The SMILES string of the molecule is Fc1cc(Cl)cc2c1c1ccccc1n2-c1ccccc1. The van der Waals surface area contributed by atoms with E-state index in [0.717, 1.165) is 22.1 Å². The Bertz CT molecular complexity index is 957. The van der Waals surface area contributed by atoms with Gasteiger partial charge in [0.2, 0.25) is 0 Å². The van der Waals surface area contributed by atoms with Crippen molar-refractivity contribution in [3.05, 3.63) is 77.6 Å². The number of hydrogen-bond donors (Lipinski definition) is 0. The molecule has 0 amide bonds. The number of para-hydroxylation sites is 2. The topological polar surface area (TPSA) is 4.93 Å². The average molecular weight is 296 g/mol. The second-order valence-electron chi connectivity index (χ2n) is 4.97. The molecule has 102 valence electrons. The van der Waals surface area contributed by atoms with Crippen LogP contribution in [0.3, 0.4) is 0 Å². The summed E-state index contributed by atoms with van der Waals surface area (Å²) in [6.07, 6.45) is 0. The highest BCUT2D eigenvalue weighted by Crippen LogP contribution is 2.35. The third kappa shape index (κ3) is 1.83. The van der Waals surface area contributed by atoms with Crippen LogP contribution in [0.1, 0.15) is 0 Å². The number of hydrogen-bond acceptors (Lipinski definition) is 0. The zero-order valence-corrected chi connectivity index (χ0v) is 11.8. The van der Waals surface area contributed by atoms with Crippen molar-refractivity contribution in [2.75, 3.05) is 0 Å². The molecular formula is C18H11ClFN. The molecule has 1 heterocycles. The van der Waals surface area contributed by atoms with Crippen LogP contribution in [-0.2, 0) is 0 Å². The van der Waals surface area contributed by atoms with Crippen molar-refractivity contribution < 1.29 is 4.39 Å². The molecule has 0 radical (unpaired) electrons. The van der Waals surface area contributed by atoms with Gasteiger partial charge in [0, 0.05) is 21.5 Å². The largest absolute Gasteiger partial charge is 0.309 e. The molecule has 0 saturated carbocycles. The quantitative estimate of drug-likeness (QED) is 0.432. The molecule has 0 spiro atoms. The number of nitrogens with zero attached hydrogens (tertiary/aromatic N) is 1. The van der Waals surface area contributed by atoms with E-state index in [4.69, 9.17) is 11.6 Å². The fourth-order valence-electron chi connectivity index (χ4n) is 2.87. The number of rotatable bonds is 1. The molecule has 1 nitrogen and oxygen atoms in total. The molecule has 0 bridgehead atoms. The van der Waals surface area contributed by atoms with Gasteiger partial charge in [-0.05, 0) is 30.3 Å². The molecule has 21 heavy (non-hydrogen) atoms. The minimum atomic E-state index is -0.289. The van der Waals surface area contributed by atoms with Crippen molar-refractivity contribution in [1.82, 2.24) is 4.57 Å². The van der Waals surface area contributed by atoms with Crippen LogP contribution in [0.5, 0.6) is 0 Å². The first-order valence-corrected chi connectivity index (χ1v) is 7.07. The molecular weight excluding hydrogens is 285 g/mol. The molecule has 4 rings (SSSR count). The van der Waals surface area contributed by atoms with Gasteiger partial charge in [0.15, 0.2) is 0 Å². The molecule has 0 aliphatic rings. The van der Waals surface area contributed by atoms with Crippen molar-refractivity contribution in [3.63, 3.8) is 0 Å². The lowest BCUT2D eigenvalue weighted by molar-refractivity contribution is 0.640. The zero-order valence-electron chi connectivity index (χ0n) is 11.1. The molecule has 0 aliphatic heterocycles. The number of fused-ring (bicyclic) bond motifs is 3. The zero-order chi connectivity index (χ0) is 14.4. The predicted octanol–water partition coefficient (Wildman–Crippen LogP) is 5.58. The summed E-state index contributed by atoms with van der Waals surface area (Å²) in [4.78, 5) is 0. The minimum absolute atomic E-state index is 0.289. The summed E-state index contributed by atoms with van der Waals surface area (Å²) < 4.78 is 16.4. The van der Waals surface area contributed by atoms with Crippen LogP contribution in [0.2, 0.25) is 5.02 Å². The maximum Gasteiger partial charge on any atom is 0.134 e. The summed E-state index contributed by atoms with van der Waals surface area (Å²) in [5, 5.41) is 1.91. The summed E-state index contributed by atoms with van der Waals surface area (Å²) in [6.45, 7) is 0. The molecule has 1 aromatic heterocycles. The van der Waals surface area contributed by atoms with Crippen molar-refractivity contribution in [3.8, 4) is 5.69 Å². The van der Waals surface area contributed by atoms with Crippen molar-refractivity contribution >= 4 is 33.4 Å². The van der Waals surface area contributed by atoms with Crippen LogP contribution in [-0.4, -0.2) is 4.57 Å². The van der Waals surface area contributed by atoms with Gasteiger partial charge in [-0.15, -0.1) is 0 Å². The highest BCUT2D eigenvalue weighted by molar-refractivity contribution is 6.31. The second kappa shape index (κ2) is 4.61. The molecule has 4 aromatic rings. The predicted molar refractivity (Wildman–Crippen MR) is 85.7 cm³/mol.